The van der Waals surface area contributed by atoms with Crippen molar-refractivity contribution in [2.75, 3.05) is 0 Å². The molecule has 0 aromatic rings. The highest BCUT2D eigenvalue weighted by molar-refractivity contribution is 4.68. The van der Waals surface area contributed by atoms with Crippen molar-refractivity contribution in [3.8, 4) is 0 Å². The minimum Gasteiger partial charge on any atom is -0.0654 e. The zero-order chi connectivity index (χ0) is 12.1. The van der Waals surface area contributed by atoms with Gasteiger partial charge < -0.3 is 0 Å². The summed E-state index contributed by atoms with van der Waals surface area (Å²) in [7, 11) is 0. The first-order valence-corrected chi connectivity index (χ1v) is 7.62. The van der Waals surface area contributed by atoms with E-state index in [1.165, 1.54) is 70.6 Å². The Morgan fingerprint density at radius 1 is 0.812 bits per heavy atom. The Bertz CT molecular complexity index is 117. The van der Waals surface area contributed by atoms with Crippen LogP contribution in [0, 0.1) is 12.3 Å². The first-order valence-electron chi connectivity index (χ1n) is 7.62. The Balaban J connectivity index is 2.98. The fourth-order valence-electron chi connectivity index (χ4n) is 2.26. The van der Waals surface area contributed by atoms with Crippen molar-refractivity contribution in [1.29, 1.82) is 0 Å². The van der Waals surface area contributed by atoms with Gasteiger partial charge in [0.25, 0.3) is 0 Å². The maximum absolute atomic E-state index is 2.52. The molecule has 0 aromatic carbocycles. The van der Waals surface area contributed by atoms with Crippen LogP contribution in [0.2, 0.25) is 0 Å². The van der Waals surface area contributed by atoms with Crippen molar-refractivity contribution in [2.24, 2.45) is 5.92 Å². The molecule has 0 nitrogen and oxygen atoms in total. The highest BCUT2D eigenvalue weighted by Crippen LogP contribution is 2.15. The molecule has 0 bridgehead atoms. The maximum atomic E-state index is 2.52. The molecule has 1 unspecified atom stereocenters. The standard InChI is InChI=1S/C16H33/c1-4-6-7-8-9-10-11-12-13-15-16(3)14-5-2/h13,16H,4-12,14-15H2,1-3H3. The molecule has 0 saturated carbocycles. The van der Waals surface area contributed by atoms with Crippen molar-refractivity contribution in [3.63, 3.8) is 0 Å². The summed E-state index contributed by atoms with van der Waals surface area (Å²) in [5.74, 6) is 0.912. The van der Waals surface area contributed by atoms with Crippen LogP contribution >= 0.6 is 0 Å². The summed E-state index contributed by atoms with van der Waals surface area (Å²) in [6.07, 6.45) is 18.0. The van der Waals surface area contributed by atoms with Gasteiger partial charge in [0.1, 0.15) is 0 Å². The number of unbranched alkanes of at least 4 members (excludes halogenated alkanes) is 8. The van der Waals surface area contributed by atoms with E-state index in [1.54, 1.807) is 0 Å². The maximum Gasteiger partial charge on any atom is -0.0383 e. The van der Waals surface area contributed by atoms with E-state index >= 15 is 0 Å². The van der Waals surface area contributed by atoms with Crippen LogP contribution in [0.25, 0.3) is 0 Å². The second-order valence-electron chi connectivity index (χ2n) is 5.33. The fourth-order valence-corrected chi connectivity index (χ4v) is 2.26. The van der Waals surface area contributed by atoms with E-state index in [0.717, 1.165) is 5.92 Å². The van der Waals surface area contributed by atoms with E-state index in [0.29, 0.717) is 0 Å². The first-order chi connectivity index (χ1) is 7.81. The van der Waals surface area contributed by atoms with E-state index in [4.69, 9.17) is 0 Å². The molecule has 0 fully saturated rings. The van der Waals surface area contributed by atoms with Crippen LogP contribution in [-0.4, -0.2) is 0 Å². The van der Waals surface area contributed by atoms with Crippen molar-refractivity contribution in [3.05, 3.63) is 6.42 Å². The zero-order valence-electron chi connectivity index (χ0n) is 11.9. The number of hydrogen-bond acceptors (Lipinski definition) is 0. The van der Waals surface area contributed by atoms with Gasteiger partial charge in [0.05, 0.1) is 0 Å². The van der Waals surface area contributed by atoms with Crippen LogP contribution in [0.3, 0.4) is 0 Å². The molecule has 0 aliphatic rings. The molecular formula is C16H33. The molecule has 97 valence electrons. The van der Waals surface area contributed by atoms with Crippen LogP contribution in [0.5, 0.6) is 0 Å². The highest BCUT2D eigenvalue weighted by atomic mass is 14.1. The van der Waals surface area contributed by atoms with Crippen LogP contribution in [0.15, 0.2) is 0 Å². The summed E-state index contributed by atoms with van der Waals surface area (Å²) >= 11 is 0. The molecule has 0 saturated heterocycles. The van der Waals surface area contributed by atoms with Gasteiger partial charge in [0.15, 0.2) is 0 Å². The van der Waals surface area contributed by atoms with Gasteiger partial charge in [-0.25, -0.2) is 0 Å². The lowest BCUT2D eigenvalue weighted by Gasteiger charge is -2.08. The molecule has 0 aliphatic carbocycles. The quantitative estimate of drug-likeness (QED) is 0.349. The minimum atomic E-state index is 0.912. The zero-order valence-corrected chi connectivity index (χ0v) is 11.9. The van der Waals surface area contributed by atoms with E-state index in [1.807, 2.05) is 0 Å². The summed E-state index contributed by atoms with van der Waals surface area (Å²) in [5, 5.41) is 0. The monoisotopic (exact) mass is 225 g/mol. The second kappa shape index (κ2) is 13.1. The molecule has 1 radical (unpaired) electrons. The molecule has 0 rings (SSSR count). The summed E-state index contributed by atoms with van der Waals surface area (Å²) in [5.41, 5.74) is 0. The Morgan fingerprint density at radius 3 is 2.06 bits per heavy atom. The molecular weight excluding hydrogens is 192 g/mol. The Hall–Kier alpha value is 0. The summed E-state index contributed by atoms with van der Waals surface area (Å²) in [6.45, 7) is 6.95. The summed E-state index contributed by atoms with van der Waals surface area (Å²) < 4.78 is 0. The lowest BCUT2D eigenvalue weighted by atomic mass is 9.98. The summed E-state index contributed by atoms with van der Waals surface area (Å²) in [4.78, 5) is 0. The predicted molar refractivity (Wildman–Crippen MR) is 75.6 cm³/mol. The molecule has 0 heteroatoms. The topological polar surface area (TPSA) is 0 Å². The normalized spacial score (nSPS) is 12.9. The largest absolute Gasteiger partial charge is 0.0654 e. The van der Waals surface area contributed by atoms with Crippen molar-refractivity contribution in [1.82, 2.24) is 0 Å². The van der Waals surface area contributed by atoms with Gasteiger partial charge in [-0.2, -0.15) is 0 Å². The van der Waals surface area contributed by atoms with Gasteiger partial charge in [-0.3, -0.25) is 0 Å². The fraction of sp³-hybridized carbons (Fsp3) is 0.938. The van der Waals surface area contributed by atoms with E-state index in [2.05, 4.69) is 27.2 Å². The van der Waals surface area contributed by atoms with Gasteiger partial charge in [0, 0.05) is 0 Å². The van der Waals surface area contributed by atoms with Crippen molar-refractivity contribution in [2.45, 2.75) is 91.4 Å². The van der Waals surface area contributed by atoms with Crippen molar-refractivity contribution < 1.29 is 0 Å². The predicted octanol–water partition coefficient (Wildman–Crippen LogP) is 6.16. The van der Waals surface area contributed by atoms with Crippen LogP contribution < -0.4 is 0 Å². The van der Waals surface area contributed by atoms with Gasteiger partial charge in [0.2, 0.25) is 0 Å². The number of rotatable bonds is 12. The van der Waals surface area contributed by atoms with E-state index in [-0.39, 0.29) is 0 Å². The van der Waals surface area contributed by atoms with Crippen LogP contribution in [0.4, 0.5) is 0 Å². The first kappa shape index (κ1) is 16.0. The van der Waals surface area contributed by atoms with Gasteiger partial charge >= 0.3 is 0 Å². The molecule has 0 N–H and O–H groups in total. The van der Waals surface area contributed by atoms with E-state index in [9.17, 15) is 0 Å². The second-order valence-corrected chi connectivity index (χ2v) is 5.33. The van der Waals surface area contributed by atoms with Gasteiger partial charge in [-0.15, -0.1) is 0 Å². The molecule has 1 atom stereocenters. The molecule has 0 aliphatic heterocycles. The smallest absolute Gasteiger partial charge is 0.0383 e. The van der Waals surface area contributed by atoms with E-state index < -0.39 is 0 Å². The SMILES string of the molecule is CCCCCCCCC[CH]CC(C)CCC. The average Bonchev–Trinajstić information content (AvgIpc) is 2.27. The van der Waals surface area contributed by atoms with Gasteiger partial charge in [-0.05, 0) is 18.8 Å². The van der Waals surface area contributed by atoms with Crippen molar-refractivity contribution >= 4 is 0 Å². The molecule has 0 heterocycles. The Kier molecular flexibility index (Phi) is 13.1. The van der Waals surface area contributed by atoms with Crippen LogP contribution in [0.1, 0.15) is 91.4 Å². The third kappa shape index (κ3) is 12.1. The minimum absolute atomic E-state index is 0.912. The molecule has 0 aromatic heterocycles. The third-order valence-corrected chi connectivity index (χ3v) is 3.36. The lowest BCUT2D eigenvalue weighted by Crippen LogP contribution is -1.94. The average molecular weight is 225 g/mol. The molecule has 16 heavy (non-hydrogen) atoms. The highest BCUT2D eigenvalue weighted by Gasteiger charge is 2.00. The molecule has 0 spiro atoms. The van der Waals surface area contributed by atoms with Crippen LogP contribution in [-0.2, 0) is 0 Å². The Labute approximate surface area is 104 Å². The van der Waals surface area contributed by atoms with Gasteiger partial charge in [-0.1, -0.05) is 85.0 Å². The summed E-state index contributed by atoms with van der Waals surface area (Å²) in [6, 6.07) is 0. The molecule has 0 amide bonds. The number of hydrogen-bond donors (Lipinski definition) is 0. The third-order valence-electron chi connectivity index (χ3n) is 3.36. The lowest BCUT2D eigenvalue weighted by molar-refractivity contribution is 0.502. The Morgan fingerprint density at radius 2 is 1.44 bits per heavy atom.